The lowest BCUT2D eigenvalue weighted by Crippen LogP contribution is -2.25. The summed E-state index contributed by atoms with van der Waals surface area (Å²) in [6.07, 6.45) is 1.40. The summed E-state index contributed by atoms with van der Waals surface area (Å²) in [5.41, 5.74) is 0.0806. The summed E-state index contributed by atoms with van der Waals surface area (Å²) in [4.78, 5) is 35.4. The second-order valence-corrected chi connectivity index (χ2v) is 4.39. The van der Waals surface area contributed by atoms with Gasteiger partial charge >= 0.3 is 11.8 Å². The Morgan fingerprint density at radius 2 is 2.21 bits per heavy atom. The predicted molar refractivity (Wildman–Crippen MR) is 67.8 cm³/mol. The van der Waals surface area contributed by atoms with Crippen molar-refractivity contribution in [2.45, 2.75) is 12.8 Å². The molecule has 9 heteroatoms. The topological polar surface area (TPSA) is 122 Å². The summed E-state index contributed by atoms with van der Waals surface area (Å²) >= 11 is 3.07. The minimum Gasteiger partial charge on any atom is -0.481 e. The first-order valence-electron chi connectivity index (χ1n) is 5.21. The molecule has 1 aromatic rings. The van der Waals surface area contributed by atoms with Crippen molar-refractivity contribution in [1.29, 1.82) is 0 Å². The number of nitro groups is 1. The zero-order valence-electron chi connectivity index (χ0n) is 9.63. The van der Waals surface area contributed by atoms with Crippen LogP contribution >= 0.6 is 15.9 Å². The number of hydrogen-bond donors (Lipinski definition) is 2. The molecule has 0 aromatic carbocycles. The lowest BCUT2D eigenvalue weighted by atomic mass is 10.2. The molecule has 1 amide bonds. The Kier molecular flexibility index (Phi) is 5.37. The van der Waals surface area contributed by atoms with E-state index >= 15 is 0 Å². The fourth-order valence-corrected chi connectivity index (χ4v) is 1.64. The molecule has 0 spiro atoms. The monoisotopic (exact) mass is 331 g/mol. The Bertz CT molecular complexity index is 520. The number of carboxylic acid groups (broad SMARTS) is 1. The molecule has 0 aliphatic heterocycles. The third kappa shape index (κ3) is 4.62. The SMILES string of the molecule is O=C(O)CCCNC(=O)c1cc([N+](=O)[O-])ncc1Br. The Hall–Kier alpha value is -2.03. The van der Waals surface area contributed by atoms with E-state index in [0.717, 1.165) is 6.07 Å². The van der Waals surface area contributed by atoms with Gasteiger partial charge in [0, 0.05) is 19.0 Å². The van der Waals surface area contributed by atoms with Crippen LogP contribution in [0.4, 0.5) is 5.82 Å². The molecular weight excluding hydrogens is 322 g/mol. The van der Waals surface area contributed by atoms with Crippen molar-refractivity contribution in [2.75, 3.05) is 6.54 Å². The van der Waals surface area contributed by atoms with Crippen LogP contribution in [0.5, 0.6) is 0 Å². The molecule has 102 valence electrons. The van der Waals surface area contributed by atoms with Gasteiger partial charge in [-0.05, 0) is 32.3 Å². The van der Waals surface area contributed by atoms with Gasteiger partial charge in [0.05, 0.1) is 10.0 Å². The largest absolute Gasteiger partial charge is 0.481 e. The number of rotatable bonds is 6. The fraction of sp³-hybridized carbons (Fsp3) is 0.300. The summed E-state index contributed by atoms with van der Waals surface area (Å²) in [5.74, 6) is -1.91. The van der Waals surface area contributed by atoms with Gasteiger partial charge in [0.2, 0.25) is 0 Å². The van der Waals surface area contributed by atoms with E-state index in [9.17, 15) is 19.7 Å². The molecule has 0 atom stereocenters. The third-order valence-electron chi connectivity index (χ3n) is 2.13. The maximum atomic E-state index is 11.7. The molecule has 1 aromatic heterocycles. The van der Waals surface area contributed by atoms with Gasteiger partial charge in [0.25, 0.3) is 5.91 Å². The summed E-state index contributed by atoms with van der Waals surface area (Å²) in [5, 5.41) is 21.5. The highest BCUT2D eigenvalue weighted by Crippen LogP contribution is 2.19. The Labute approximate surface area is 116 Å². The van der Waals surface area contributed by atoms with E-state index in [1.165, 1.54) is 6.20 Å². The third-order valence-corrected chi connectivity index (χ3v) is 2.76. The van der Waals surface area contributed by atoms with Crippen molar-refractivity contribution in [2.24, 2.45) is 0 Å². The van der Waals surface area contributed by atoms with Crippen molar-refractivity contribution in [3.8, 4) is 0 Å². The Morgan fingerprint density at radius 1 is 1.53 bits per heavy atom. The van der Waals surface area contributed by atoms with Crippen LogP contribution in [0.3, 0.4) is 0 Å². The van der Waals surface area contributed by atoms with Gasteiger partial charge in [-0.25, -0.2) is 0 Å². The first kappa shape index (κ1) is 15.0. The number of aliphatic carboxylic acids is 1. The minimum absolute atomic E-state index is 0.0576. The molecule has 0 saturated heterocycles. The number of halogens is 1. The quantitative estimate of drug-likeness (QED) is 0.460. The molecule has 0 radical (unpaired) electrons. The van der Waals surface area contributed by atoms with Crippen LogP contribution in [-0.4, -0.2) is 33.4 Å². The molecule has 0 aliphatic rings. The molecule has 8 nitrogen and oxygen atoms in total. The van der Waals surface area contributed by atoms with E-state index in [-0.39, 0.29) is 24.9 Å². The van der Waals surface area contributed by atoms with Crippen LogP contribution in [0.1, 0.15) is 23.2 Å². The second kappa shape index (κ2) is 6.78. The van der Waals surface area contributed by atoms with Gasteiger partial charge < -0.3 is 20.5 Å². The molecule has 1 heterocycles. The van der Waals surface area contributed by atoms with Gasteiger partial charge in [-0.15, -0.1) is 0 Å². The second-order valence-electron chi connectivity index (χ2n) is 3.53. The number of nitrogens with zero attached hydrogens (tertiary/aromatic N) is 2. The molecular formula is C10H10BrN3O5. The highest BCUT2D eigenvalue weighted by atomic mass is 79.9. The standard InChI is InChI=1S/C10H10BrN3O5/c11-7-5-13-8(14(18)19)4-6(7)10(17)12-3-1-2-9(15)16/h4-5H,1-3H2,(H,12,17)(H,15,16). The van der Waals surface area contributed by atoms with E-state index in [4.69, 9.17) is 5.11 Å². The number of aromatic nitrogens is 1. The molecule has 0 saturated carbocycles. The van der Waals surface area contributed by atoms with Gasteiger partial charge in [0.1, 0.15) is 0 Å². The lowest BCUT2D eigenvalue weighted by Gasteiger charge is -2.05. The minimum atomic E-state index is -0.949. The molecule has 0 fully saturated rings. The van der Waals surface area contributed by atoms with Crippen molar-refractivity contribution >= 4 is 33.6 Å². The fourth-order valence-electron chi connectivity index (χ4n) is 1.24. The van der Waals surface area contributed by atoms with Crippen LogP contribution < -0.4 is 5.32 Å². The van der Waals surface area contributed by atoms with Crippen molar-refractivity contribution in [1.82, 2.24) is 10.3 Å². The van der Waals surface area contributed by atoms with Crippen LogP contribution in [0.2, 0.25) is 0 Å². The average molecular weight is 332 g/mol. The maximum Gasteiger partial charge on any atom is 0.364 e. The maximum absolute atomic E-state index is 11.7. The zero-order chi connectivity index (χ0) is 14.4. The lowest BCUT2D eigenvalue weighted by molar-refractivity contribution is -0.389. The van der Waals surface area contributed by atoms with Crippen LogP contribution in [0.15, 0.2) is 16.7 Å². The van der Waals surface area contributed by atoms with E-state index < -0.39 is 22.6 Å². The van der Waals surface area contributed by atoms with Gasteiger partial charge in [0.15, 0.2) is 6.20 Å². The highest BCUT2D eigenvalue weighted by molar-refractivity contribution is 9.10. The number of nitrogens with one attached hydrogen (secondary N) is 1. The van der Waals surface area contributed by atoms with Gasteiger partial charge in [-0.1, -0.05) is 0 Å². The molecule has 2 N–H and O–H groups in total. The summed E-state index contributed by atoms with van der Waals surface area (Å²) < 4.78 is 0.328. The van der Waals surface area contributed by atoms with Crippen LogP contribution in [0.25, 0.3) is 0 Å². The molecule has 19 heavy (non-hydrogen) atoms. The number of pyridine rings is 1. The van der Waals surface area contributed by atoms with Crippen molar-refractivity contribution in [3.05, 3.63) is 32.4 Å². The predicted octanol–water partition coefficient (Wildman–Crippen LogP) is 1.35. The van der Waals surface area contributed by atoms with Crippen LogP contribution in [-0.2, 0) is 4.79 Å². The Morgan fingerprint density at radius 3 is 2.79 bits per heavy atom. The summed E-state index contributed by atoms with van der Waals surface area (Å²) in [6.45, 7) is 0.174. The normalized spacial score (nSPS) is 9.95. The first-order valence-corrected chi connectivity index (χ1v) is 6.01. The number of amides is 1. The molecule has 0 aliphatic carbocycles. The molecule has 0 bridgehead atoms. The van der Waals surface area contributed by atoms with Gasteiger partial charge in [-0.3, -0.25) is 9.59 Å². The van der Waals surface area contributed by atoms with Crippen molar-refractivity contribution in [3.63, 3.8) is 0 Å². The number of carbonyl (C=O) groups is 2. The van der Waals surface area contributed by atoms with E-state index in [1.54, 1.807) is 0 Å². The molecule has 1 rings (SSSR count). The van der Waals surface area contributed by atoms with E-state index in [2.05, 4.69) is 26.2 Å². The van der Waals surface area contributed by atoms with Crippen molar-refractivity contribution < 1.29 is 19.6 Å². The summed E-state index contributed by atoms with van der Waals surface area (Å²) in [6, 6.07) is 1.05. The van der Waals surface area contributed by atoms with Crippen LogP contribution in [0, 0.1) is 10.1 Å². The average Bonchev–Trinajstić information content (AvgIpc) is 2.34. The van der Waals surface area contributed by atoms with E-state index in [1.807, 2.05) is 0 Å². The van der Waals surface area contributed by atoms with Gasteiger partial charge in [-0.2, -0.15) is 0 Å². The number of carboxylic acids is 1. The number of carbonyl (C=O) groups excluding carboxylic acids is 1. The zero-order valence-corrected chi connectivity index (χ0v) is 11.2. The summed E-state index contributed by atoms with van der Waals surface area (Å²) in [7, 11) is 0. The Balaban J connectivity index is 2.68. The highest BCUT2D eigenvalue weighted by Gasteiger charge is 2.17. The smallest absolute Gasteiger partial charge is 0.364 e. The molecule has 0 unspecified atom stereocenters. The number of hydrogen-bond acceptors (Lipinski definition) is 5. The first-order chi connectivity index (χ1) is 8.91. The van der Waals surface area contributed by atoms with E-state index in [0.29, 0.717) is 4.47 Å².